The average molecular weight is 660 g/mol. The molecule has 0 atom stereocenters. The second-order valence-corrected chi connectivity index (χ2v) is 18.9. The summed E-state index contributed by atoms with van der Waals surface area (Å²) in [7, 11) is -1.42. The molecule has 3 nitrogen and oxygen atoms in total. The normalized spacial score (nSPS) is 16.0. The SMILES string of the molecule is [2H]c1c([2H])c([2H])c(-c2nc(-c3cccc(-c4ccc5c(c4)C(C)(C)c4cc(-c6ccc([Si](C)(C)C)cc6)ccc4-5)c3)nc(-c3c([2H])c([2H])c([2H])c([2H])c3[2H])n2)c([2H])c1[2H]. The van der Waals surface area contributed by atoms with E-state index in [1.54, 1.807) is 6.07 Å². The first kappa shape index (κ1) is 21.5. The van der Waals surface area contributed by atoms with Crippen molar-refractivity contribution in [2.45, 2.75) is 38.9 Å². The summed E-state index contributed by atoms with van der Waals surface area (Å²) in [6, 6.07) is 23.7. The summed E-state index contributed by atoms with van der Waals surface area (Å²) in [6.07, 6.45) is 0. The van der Waals surface area contributed by atoms with Crippen LogP contribution in [0.4, 0.5) is 0 Å². The Balaban J connectivity index is 1.24. The molecule has 0 saturated carbocycles. The molecule has 0 unspecified atom stereocenters. The molecule has 7 aromatic rings. The quantitative estimate of drug-likeness (QED) is 0.167. The standard InChI is InChI=1S/C45H39N3Si/c1-45(2)40-28-34(30-19-23-37(24-20-30)49(3,4)5)21-25-38(40)39-26-22-35(29-41(39)45)33-17-12-18-36(27-33)44-47-42(31-13-8-6-9-14-31)46-43(48-44)32-15-10-7-11-16-32/h6-29H,1-5H3/i6D,7D,8D,9D,10D,11D,13D,14D,15D,16D. The van der Waals surface area contributed by atoms with Gasteiger partial charge in [-0.3, -0.25) is 0 Å². The molecule has 238 valence electrons. The Hall–Kier alpha value is -5.45. The molecule has 1 aromatic heterocycles. The van der Waals surface area contributed by atoms with Gasteiger partial charge in [0, 0.05) is 22.1 Å². The van der Waals surface area contributed by atoms with Crippen LogP contribution in [0.15, 0.2) is 145 Å². The number of benzene rings is 6. The lowest BCUT2D eigenvalue weighted by molar-refractivity contribution is 0.661. The van der Waals surface area contributed by atoms with Gasteiger partial charge in [0.1, 0.15) is 0 Å². The summed E-state index contributed by atoms with van der Waals surface area (Å²) in [6.45, 7) is 11.5. The fourth-order valence-corrected chi connectivity index (χ4v) is 7.72. The summed E-state index contributed by atoms with van der Waals surface area (Å²) in [4.78, 5) is 13.6. The molecule has 0 fully saturated rings. The van der Waals surface area contributed by atoms with E-state index in [1.165, 1.54) is 33.0 Å². The third-order valence-electron chi connectivity index (χ3n) is 9.30. The topological polar surface area (TPSA) is 38.7 Å². The number of nitrogens with zero attached hydrogens (tertiary/aromatic N) is 3. The van der Waals surface area contributed by atoms with E-state index < -0.39 is 68.5 Å². The third-order valence-corrected chi connectivity index (χ3v) is 11.4. The van der Waals surface area contributed by atoms with Crippen LogP contribution in [0.3, 0.4) is 0 Å². The average Bonchev–Trinajstić information content (AvgIpc) is 3.45. The smallest absolute Gasteiger partial charge is 0.164 e. The Morgan fingerprint density at radius 1 is 0.469 bits per heavy atom. The van der Waals surface area contributed by atoms with E-state index in [4.69, 9.17) is 13.7 Å². The molecule has 49 heavy (non-hydrogen) atoms. The van der Waals surface area contributed by atoms with Crippen LogP contribution in [0.1, 0.15) is 38.7 Å². The molecule has 1 aliphatic carbocycles. The van der Waals surface area contributed by atoms with E-state index in [-0.39, 0.29) is 34.0 Å². The highest BCUT2D eigenvalue weighted by atomic mass is 28.3. The van der Waals surface area contributed by atoms with Crippen molar-refractivity contribution in [3.05, 3.63) is 156 Å². The number of hydrogen-bond donors (Lipinski definition) is 0. The predicted molar refractivity (Wildman–Crippen MR) is 208 cm³/mol. The summed E-state index contributed by atoms with van der Waals surface area (Å²) >= 11 is 0. The highest BCUT2D eigenvalue weighted by Crippen LogP contribution is 2.50. The largest absolute Gasteiger partial charge is 0.208 e. The lowest BCUT2D eigenvalue weighted by Crippen LogP contribution is -2.37. The monoisotopic (exact) mass is 659 g/mol. The van der Waals surface area contributed by atoms with Crippen LogP contribution in [0.2, 0.25) is 19.6 Å². The zero-order valence-corrected chi connectivity index (χ0v) is 28.9. The lowest BCUT2D eigenvalue weighted by atomic mass is 9.81. The Labute approximate surface area is 304 Å². The van der Waals surface area contributed by atoms with E-state index >= 15 is 0 Å². The van der Waals surface area contributed by atoms with Gasteiger partial charge in [0.05, 0.1) is 21.8 Å². The van der Waals surface area contributed by atoms with Gasteiger partial charge >= 0.3 is 0 Å². The van der Waals surface area contributed by atoms with Crippen LogP contribution in [0.25, 0.3) is 67.5 Å². The molecular weight excluding hydrogens is 611 g/mol. The number of aromatic nitrogens is 3. The predicted octanol–water partition coefficient (Wildman–Crippen LogP) is 11.1. The molecule has 1 heterocycles. The van der Waals surface area contributed by atoms with Crippen molar-refractivity contribution in [1.82, 2.24) is 15.0 Å². The Morgan fingerprint density at radius 3 is 1.41 bits per heavy atom. The van der Waals surface area contributed by atoms with E-state index in [1.807, 2.05) is 18.2 Å². The van der Waals surface area contributed by atoms with E-state index in [0.29, 0.717) is 5.56 Å². The van der Waals surface area contributed by atoms with Crippen molar-refractivity contribution in [2.24, 2.45) is 0 Å². The van der Waals surface area contributed by atoms with Crippen molar-refractivity contribution in [3.63, 3.8) is 0 Å². The maximum Gasteiger partial charge on any atom is 0.164 e. The van der Waals surface area contributed by atoms with Crippen molar-refractivity contribution in [2.75, 3.05) is 0 Å². The zero-order valence-electron chi connectivity index (χ0n) is 37.9. The van der Waals surface area contributed by atoms with Gasteiger partial charge in [-0.1, -0.05) is 166 Å². The molecule has 0 saturated heterocycles. The molecule has 0 bridgehead atoms. The third kappa shape index (κ3) is 5.72. The first-order chi connectivity index (χ1) is 27.8. The van der Waals surface area contributed by atoms with Gasteiger partial charge in [0.25, 0.3) is 0 Å². The number of rotatable bonds is 6. The van der Waals surface area contributed by atoms with Crippen LogP contribution >= 0.6 is 0 Å². The van der Waals surface area contributed by atoms with Crippen molar-refractivity contribution < 1.29 is 13.7 Å². The summed E-state index contributed by atoms with van der Waals surface area (Å²) in [5.74, 6) is -0.588. The summed E-state index contributed by atoms with van der Waals surface area (Å²) < 4.78 is 83.9. The van der Waals surface area contributed by atoms with Crippen LogP contribution in [-0.2, 0) is 5.41 Å². The van der Waals surface area contributed by atoms with Gasteiger partial charge in [0.15, 0.2) is 17.5 Å². The molecule has 0 radical (unpaired) electrons. The maximum absolute atomic E-state index is 8.64. The van der Waals surface area contributed by atoms with Crippen LogP contribution in [0.5, 0.6) is 0 Å². The van der Waals surface area contributed by atoms with Crippen LogP contribution < -0.4 is 5.19 Å². The first-order valence-electron chi connectivity index (χ1n) is 21.2. The van der Waals surface area contributed by atoms with Gasteiger partial charge in [-0.15, -0.1) is 0 Å². The molecule has 0 spiro atoms. The molecule has 1 aliphatic rings. The molecule has 8 rings (SSSR count). The molecule has 6 aromatic carbocycles. The fourth-order valence-electron chi connectivity index (χ4n) is 6.55. The van der Waals surface area contributed by atoms with Gasteiger partial charge in [-0.05, 0) is 62.7 Å². The molecule has 4 heteroatoms. The number of fused-ring (bicyclic) bond motifs is 3. The van der Waals surface area contributed by atoms with Gasteiger partial charge in [0.2, 0.25) is 0 Å². The molecular formula is C45H39N3Si. The summed E-state index contributed by atoms with van der Waals surface area (Å²) in [5.41, 5.74) is 8.43. The Bertz CT molecular complexity index is 2760. The van der Waals surface area contributed by atoms with Gasteiger partial charge < -0.3 is 0 Å². The highest BCUT2D eigenvalue weighted by Gasteiger charge is 2.36. The zero-order chi connectivity index (χ0) is 42.5. The van der Waals surface area contributed by atoms with Crippen LogP contribution in [0, 0.1) is 0 Å². The summed E-state index contributed by atoms with van der Waals surface area (Å²) in [5, 5.41) is 1.42. The Kier molecular flexibility index (Phi) is 5.22. The maximum atomic E-state index is 8.64. The Morgan fingerprint density at radius 2 is 0.898 bits per heavy atom. The second-order valence-electron chi connectivity index (χ2n) is 13.9. The van der Waals surface area contributed by atoms with Crippen molar-refractivity contribution in [1.29, 1.82) is 0 Å². The molecule has 0 N–H and O–H groups in total. The lowest BCUT2D eigenvalue weighted by Gasteiger charge is -2.23. The molecule has 0 amide bonds. The minimum Gasteiger partial charge on any atom is -0.208 e. The molecule has 0 aliphatic heterocycles. The van der Waals surface area contributed by atoms with Gasteiger partial charge in [-0.2, -0.15) is 0 Å². The van der Waals surface area contributed by atoms with Crippen molar-refractivity contribution in [3.8, 4) is 67.5 Å². The van der Waals surface area contributed by atoms with E-state index in [2.05, 4.69) is 109 Å². The second kappa shape index (κ2) is 11.9. The minimum atomic E-state index is -1.42. The highest BCUT2D eigenvalue weighted by molar-refractivity contribution is 6.88. The van der Waals surface area contributed by atoms with E-state index in [9.17, 15) is 0 Å². The van der Waals surface area contributed by atoms with Crippen LogP contribution in [-0.4, -0.2) is 23.0 Å². The van der Waals surface area contributed by atoms with Gasteiger partial charge in [-0.25, -0.2) is 15.0 Å². The minimum absolute atomic E-state index is 0.0183. The van der Waals surface area contributed by atoms with E-state index in [0.717, 1.165) is 16.7 Å². The fraction of sp³-hybridized carbons (Fsp3) is 0.133. The first-order valence-corrected chi connectivity index (χ1v) is 19.7. The number of hydrogen-bond acceptors (Lipinski definition) is 3. The van der Waals surface area contributed by atoms with Crippen molar-refractivity contribution >= 4 is 13.3 Å².